The first-order chi connectivity index (χ1) is 8.96. The minimum absolute atomic E-state index is 0.357. The second kappa shape index (κ2) is 7.05. The van der Waals surface area contributed by atoms with Crippen molar-refractivity contribution in [1.29, 1.82) is 0 Å². The molecule has 1 aromatic rings. The Morgan fingerprint density at radius 3 is 2.58 bits per heavy atom. The van der Waals surface area contributed by atoms with Gasteiger partial charge in [0.1, 0.15) is 9.88 Å². The number of hydrogen-bond donors (Lipinski definition) is 1. The summed E-state index contributed by atoms with van der Waals surface area (Å²) in [6, 6.07) is 0. The van der Waals surface area contributed by atoms with E-state index in [2.05, 4.69) is 25.7 Å². The highest BCUT2D eigenvalue weighted by molar-refractivity contribution is 7.99. The molecule has 0 unspecified atom stereocenters. The van der Waals surface area contributed by atoms with E-state index >= 15 is 0 Å². The molecule has 1 rings (SSSR count). The summed E-state index contributed by atoms with van der Waals surface area (Å²) in [7, 11) is 1.38. The first kappa shape index (κ1) is 16.2. The van der Waals surface area contributed by atoms with Gasteiger partial charge in [-0.2, -0.15) is 0 Å². The van der Waals surface area contributed by atoms with Gasteiger partial charge in [-0.1, -0.05) is 13.8 Å². The number of ether oxygens (including phenoxy) is 1. The van der Waals surface area contributed by atoms with E-state index in [0.29, 0.717) is 16.5 Å². The van der Waals surface area contributed by atoms with Crippen LogP contribution in [0.4, 0.5) is 10.7 Å². The number of carbonyl (C=O) groups is 1. The van der Waals surface area contributed by atoms with Gasteiger partial charge < -0.3 is 15.4 Å². The van der Waals surface area contributed by atoms with Crippen molar-refractivity contribution in [3.05, 3.63) is 4.88 Å². The van der Waals surface area contributed by atoms with Crippen LogP contribution in [0.1, 0.15) is 30.4 Å². The zero-order valence-corrected chi connectivity index (χ0v) is 13.8. The lowest BCUT2D eigenvalue weighted by molar-refractivity contribution is 0.0607. The highest BCUT2D eigenvalue weighted by Crippen LogP contribution is 2.44. The summed E-state index contributed by atoms with van der Waals surface area (Å²) in [6.07, 6.45) is 1.98. The molecule has 0 atom stereocenters. The number of esters is 1. The van der Waals surface area contributed by atoms with Crippen LogP contribution < -0.4 is 10.6 Å². The minimum Gasteiger partial charge on any atom is -0.465 e. The van der Waals surface area contributed by atoms with Gasteiger partial charge in [-0.05, 0) is 19.1 Å². The molecule has 0 bridgehead atoms. The molecule has 108 valence electrons. The van der Waals surface area contributed by atoms with Gasteiger partial charge in [0.05, 0.1) is 17.7 Å². The molecular formula is C13H22N2O2S2. The average Bonchev–Trinajstić information content (AvgIpc) is 2.71. The molecule has 4 nitrogen and oxygen atoms in total. The fourth-order valence-corrected chi connectivity index (χ4v) is 4.04. The molecule has 2 N–H and O–H groups in total. The van der Waals surface area contributed by atoms with E-state index in [9.17, 15) is 4.79 Å². The Morgan fingerprint density at radius 2 is 2.16 bits per heavy atom. The van der Waals surface area contributed by atoms with E-state index in [1.165, 1.54) is 18.4 Å². The number of nitrogen functional groups attached to an aromatic ring is 1. The van der Waals surface area contributed by atoms with Crippen molar-refractivity contribution in [2.75, 3.05) is 37.1 Å². The molecule has 0 aromatic carbocycles. The molecule has 0 saturated carbocycles. The van der Waals surface area contributed by atoms with Gasteiger partial charge in [-0.25, -0.2) is 4.79 Å². The highest BCUT2D eigenvalue weighted by Gasteiger charge is 2.24. The summed E-state index contributed by atoms with van der Waals surface area (Å²) in [5, 5.41) is 1.07. The number of thiophene rings is 1. The molecule has 0 radical (unpaired) electrons. The summed E-state index contributed by atoms with van der Waals surface area (Å²) in [5.41, 5.74) is 6.62. The molecule has 0 spiro atoms. The van der Waals surface area contributed by atoms with E-state index in [1.807, 2.05) is 6.26 Å². The Bertz CT molecular complexity index is 444. The molecule has 0 aliphatic carbocycles. The third-order valence-electron chi connectivity index (χ3n) is 2.71. The Hall–Kier alpha value is -0.880. The molecule has 0 aliphatic rings. The molecule has 0 fully saturated rings. The van der Waals surface area contributed by atoms with Gasteiger partial charge in [0.25, 0.3) is 0 Å². The molecular weight excluding hydrogens is 280 g/mol. The van der Waals surface area contributed by atoms with Crippen molar-refractivity contribution in [2.45, 2.75) is 25.7 Å². The molecule has 0 saturated heterocycles. The third kappa shape index (κ3) is 3.57. The van der Waals surface area contributed by atoms with Crippen LogP contribution in [0.2, 0.25) is 0 Å². The van der Waals surface area contributed by atoms with Crippen LogP contribution in [0.25, 0.3) is 0 Å². The number of hydrogen-bond acceptors (Lipinski definition) is 6. The predicted molar refractivity (Wildman–Crippen MR) is 84.6 cm³/mol. The van der Waals surface area contributed by atoms with Crippen LogP contribution in [0.15, 0.2) is 4.90 Å². The molecule has 1 heterocycles. The van der Waals surface area contributed by atoms with Gasteiger partial charge in [-0.15, -0.1) is 23.1 Å². The van der Waals surface area contributed by atoms with Crippen molar-refractivity contribution in [2.24, 2.45) is 5.92 Å². The first-order valence-electron chi connectivity index (χ1n) is 6.25. The third-order valence-corrected chi connectivity index (χ3v) is 4.91. The van der Waals surface area contributed by atoms with E-state index < -0.39 is 0 Å². The lowest BCUT2D eigenvalue weighted by Gasteiger charge is -2.24. The monoisotopic (exact) mass is 302 g/mol. The van der Waals surface area contributed by atoms with Gasteiger partial charge in [0, 0.05) is 13.1 Å². The second-order valence-electron chi connectivity index (χ2n) is 4.61. The number of thioether (sulfide) groups is 1. The predicted octanol–water partition coefficient (Wildman–Crippen LogP) is 3.32. The van der Waals surface area contributed by atoms with Crippen LogP contribution in [0.5, 0.6) is 0 Å². The zero-order chi connectivity index (χ0) is 14.6. The van der Waals surface area contributed by atoms with E-state index in [0.717, 1.165) is 23.0 Å². The van der Waals surface area contributed by atoms with Gasteiger partial charge >= 0.3 is 5.97 Å². The van der Waals surface area contributed by atoms with Crippen molar-refractivity contribution in [3.8, 4) is 0 Å². The Kier molecular flexibility index (Phi) is 6.00. The fraction of sp³-hybridized carbons (Fsp3) is 0.615. The maximum atomic E-state index is 11.7. The van der Waals surface area contributed by atoms with Gasteiger partial charge in [0.2, 0.25) is 0 Å². The Morgan fingerprint density at radius 1 is 1.53 bits per heavy atom. The normalized spacial score (nSPS) is 10.8. The first-order valence-corrected chi connectivity index (χ1v) is 8.29. The summed E-state index contributed by atoms with van der Waals surface area (Å²) >= 11 is 3.00. The minimum atomic E-state index is -0.357. The number of methoxy groups -OCH3 is 1. The highest BCUT2D eigenvalue weighted by atomic mass is 32.2. The smallest absolute Gasteiger partial charge is 0.350 e. The number of nitrogens with two attached hydrogens (primary N) is 1. The van der Waals surface area contributed by atoms with E-state index in [1.54, 1.807) is 11.8 Å². The maximum Gasteiger partial charge on any atom is 0.350 e. The van der Waals surface area contributed by atoms with Crippen molar-refractivity contribution < 1.29 is 9.53 Å². The average molecular weight is 302 g/mol. The number of anilines is 2. The topological polar surface area (TPSA) is 55.6 Å². The molecule has 0 aliphatic heterocycles. The Labute approximate surface area is 123 Å². The summed E-state index contributed by atoms with van der Waals surface area (Å²) in [4.78, 5) is 15.5. The maximum absolute atomic E-state index is 11.7. The summed E-state index contributed by atoms with van der Waals surface area (Å²) in [6.45, 7) is 8.32. The summed E-state index contributed by atoms with van der Waals surface area (Å²) in [5.74, 6) is 0.198. The number of nitrogens with zero attached hydrogens (tertiary/aromatic N) is 1. The molecule has 6 heteroatoms. The SMILES string of the molecule is CCN(CC(C)C)c1sc(C(=O)OC)c(N)c1SC. The lowest BCUT2D eigenvalue weighted by atomic mass is 10.2. The van der Waals surface area contributed by atoms with E-state index in [4.69, 9.17) is 10.5 Å². The van der Waals surface area contributed by atoms with Crippen LogP contribution in [0.3, 0.4) is 0 Å². The number of rotatable bonds is 6. The van der Waals surface area contributed by atoms with Crippen LogP contribution in [-0.4, -0.2) is 32.4 Å². The molecule has 1 aromatic heterocycles. The molecule has 0 amide bonds. The molecule has 19 heavy (non-hydrogen) atoms. The van der Waals surface area contributed by atoms with Crippen molar-refractivity contribution in [3.63, 3.8) is 0 Å². The number of carbonyl (C=O) groups excluding carboxylic acids is 1. The lowest BCUT2D eigenvalue weighted by Crippen LogP contribution is -2.26. The van der Waals surface area contributed by atoms with Gasteiger partial charge in [-0.3, -0.25) is 0 Å². The Balaban J connectivity index is 3.22. The van der Waals surface area contributed by atoms with Gasteiger partial charge in [0.15, 0.2) is 0 Å². The summed E-state index contributed by atoms with van der Waals surface area (Å²) < 4.78 is 4.79. The van der Waals surface area contributed by atoms with Crippen LogP contribution >= 0.6 is 23.1 Å². The largest absolute Gasteiger partial charge is 0.465 e. The van der Waals surface area contributed by atoms with Crippen LogP contribution in [-0.2, 0) is 4.74 Å². The zero-order valence-electron chi connectivity index (χ0n) is 12.1. The standard InChI is InChI=1S/C13H22N2O2S2/c1-6-15(7-8(2)3)12-10(18-5)9(14)11(19-12)13(16)17-4/h8H,6-7,14H2,1-5H3. The van der Waals surface area contributed by atoms with Crippen molar-refractivity contribution in [1.82, 2.24) is 0 Å². The van der Waals surface area contributed by atoms with E-state index in [-0.39, 0.29) is 5.97 Å². The van der Waals surface area contributed by atoms with Crippen LogP contribution in [0, 0.1) is 5.92 Å². The second-order valence-corrected chi connectivity index (χ2v) is 6.42. The van der Waals surface area contributed by atoms with Crippen molar-refractivity contribution >= 4 is 39.8 Å². The quantitative estimate of drug-likeness (QED) is 0.645. The fourth-order valence-electron chi connectivity index (χ4n) is 1.86.